The van der Waals surface area contributed by atoms with Crippen LogP contribution < -0.4 is 10.9 Å². The number of furan rings is 1. The van der Waals surface area contributed by atoms with E-state index in [4.69, 9.17) is 4.42 Å². The summed E-state index contributed by atoms with van der Waals surface area (Å²) < 4.78 is 42.9. The fourth-order valence-electron chi connectivity index (χ4n) is 2.02. The maximum absolute atomic E-state index is 12.7. The first kappa shape index (κ1) is 19.8. The highest BCUT2D eigenvalue weighted by Crippen LogP contribution is 2.34. The zero-order valence-corrected chi connectivity index (χ0v) is 13.7. The van der Waals surface area contributed by atoms with Crippen LogP contribution in [0, 0.1) is 10.1 Å². The van der Waals surface area contributed by atoms with Crippen LogP contribution in [-0.4, -0.2) is 35.2 Å². The number of nitrogens with zero attached hydrogens (tertiary/aromatic N) is 2. The van der Waals surface area contributed by atoms with Gasteiger partial charge in [0.1, 0.15) is 12.2 Å². The van der Waals surface area contributed by atoms with Crippen molar-refractivity contribution in [2.45, 2.75) is 6.18 Å². The first-order chi connectivity index (χ1) is 12.6. The van der Waals surface area contributed by atoms with Crippen molar-refractivity contribution in [3.8, 4) is 0 Å². The van der Waals surface area contributed by atoms with E-state index in [2.05, 4.69) is 10.9 Å². The van der Waals surface area contributed by atoms with E-state index < -0.39 is 40.7 Å². The van der Waals surface area contributed by atoms with Gasteiger partial charge in [0.05, 0.1) is 16.7 Å². The van der Waals surface area contributed by atoms with E-state index in [-0.39, 0.29) is 11.4 Å². The molecule has 0 aliphatic heterocycles. The molecule has 0 aliphatic rings. The number of carbonyl (C=O) groups is 2. The van der Waals surface area contributed by atoms with Crippen LogP contribution in [0.1, 0.15) is 16.1 Å². The van der Waals surface area contributed by atoms with E-state index in [0.29, 0.717) is 12.1 Å². The monoisotopic (exact) mass is 386 g/mol. The van der Waals surface area contributed by atoms with Crippen LogP contribution in [0.25, 0.3) is 0 Å². The lowest BCUT2D eigenvalue weighted by Crippen LogP contribution is -2.40. The Labute approximate surface area is 149 Å². The summed E-state index contributed by atoms with van der Waals surface area (Å²) in [5, 5.41) is 11.0. The molecule has 1 aromatic carbocycles. The molecule has 144 valence electrons. The van der Waals surface area contributed by atoms with Gasteiger partial charge in [-0.2, -0.15) is 13.2 Å². The number of hydrogen-bond donors (Lipinski definition) is 2. The molecule has 0 radical (unpaired) electrons. The lowest BCUT2D eigenvalue weighted by atomic mass is 10.1. The maximum Gasteiger partial charge on any atom is 0.416 e. The van der Waals surface area contributed by atoms with Gasteiger partial charge in [-0.25, -0.2) is 0 Å². The summed E-state index contributed by atoms with van der Waals surface area (Å²) in [4.78, 5) is 34.8. The molecule has 12 heteroatoms. The van der Waals surface area contributed by atoms with Gasteiger partial charge in [0.15, 0.2) is 5.76 Å². The number of alkyl halides is 3. The van der Waals surface area contributed by atoms with Crippen molar-refractivity contribution in [1.82, 2.24) is 10.3 Å². The Bertz CT molecular complexity index is 852. The van der Waals surface area contributed by atoms with Gasteiger partial charge < -0.3 is 9.32 Å². The SMILES string of the molecule is CN(CC(=O)NNc1ccc(C(F)(F)F)cc1[N+](=O)[O-])C(=O)c1ccco1. The Balaban J connectivity index is 2.02. The summed E-state index contributed by atoms with van der Waals surface area (Å²) in [7, 11) is 1.32. The summed E-state index contributed by atoms with van der Waals surface area (Å²) in [6.45, 7) is -0.430. The van der Waals surface area contributed by atoms with E-state index in [0.717, 1.165) is 11.0 Å². The number of nitro groups is 1. The number of hydrazine groups is 1. The Morgan fingerprint density at radius 1 is 1.30 bits per heavy atom. The largest absolute Gasteiger partial charge is 0.459 e. The second-order valence-electron chi connectivity index (χ2n) is 5.30. The fraction of sp³-hybridized carbons (Fsp3) is 0.200. The molecular formula is C15H13F3N4O5. The number of rotatable bonds is 6. The molecule has 0 aliphatic carbocycles. The normalized spacial score (nSPS) is 11.0. The van der Waals surface area contributed by atoms with Gasteiger partial charge in [-0.05, 0) is 24.3 Å². The number of hydrogen-bond acceptors (Lipinski definition) is 6. The van der Waals surface area contributed by atoms with Crippen molar-refractivity contribution in [1.29, 1.82) is 0 Å². The minimum atomic E-state index is -4.75. The molecule has 1 heterocycles. The van der Waals surface area contributed by atoms with Crippen molar-refractivity contribution in [3.05, 3.63) is 58.0 Å². The summed E-state index contributed by atoms with van der Waals surface area (Å²) in [5.41, 5.74) is 1.85. The van der Waals surface area contributed by atoms with Gasteiger partial charge >= 0.3 is 6.18 Å². The molecule has 2 aromatic rings. The van der Waals surface area contributed by atoms with Gasteiger partial charge in [0, 0.05) is 13.1 Å². The van der Waals surface area contributed by atoms with Crippen molar-refractivity contribution in [3.63, 3.8) is 0 Å². The van der Waals surface area contributed by atoms with Crippen LogP contribution in [0.3, 0.4) is 0 Å². The van der Waals surface area contributed by atoms with E-state index in [1.807, 2.05) is 0 Å². The Hall–Kier alpha value is -3.57. The Morgan fingerprint density at radius 3 is 2.56 bits per heavy atom. The second kappa shape index (κ2) is 7.76. The van der Waals surface area contributed by atoms with Crippen molar-refractivity contribution in [2.24, 2.45) is 0 Å². The zero-order chi connectivity index (χ0) is 20.2. The summed E-state index contributed by atoms with van der Waals surface area (Å²) in [6.07, 6.45) is -3.46. The molecule has 0 fully saturated rings. The number of anilines is 1. The third kappa shape index (κ3) is 4.96. The van der Waals surface area contributed by atoms with E-state index in [1.165, 1.54) is 25.4 Å². The fourth-order valence-corrected chi connectivity index (χ4v) is 2.02. The van der Waals surface area contributed by atoms with Crippen LogP contribution >= 0.6 is 0 Å². The number of nitrogens with one attached hydrogen (secondary N) is 2. The average Bonchev–Trinajstić information content (AvgIpc) is 3.12. The maximum atomic E-state index is 12.7. The number of amides is 2. The molecule has 0 bridgehead atoms. The first-order valence-corrected chi connectivity index (χ1v) is 7.29. The lowest BCUT2D eigenvalue weighted by molar-refractivity contribution is -0.384. The standard InChI is InChI=1S/C15H13F3N4O5/c1-21(14(24)12-3-2-6-27-12)8-13(23)20-19-10-5-4-9(15(16,17)18)7-11(10)22(25)26/h2-7,19H,8H2,1H3,(H,20,23). The van der Waals surface area contributed by atoms with Gasteiger partial charge in [0.25, 0.3) is 17.5 Å². The van der Waals surface area contributed by atoms with Crippen LogP contribution in [0.5, 0.6) is 0 Å². The lowest BCUT2D eigenvalue weighted by Gasteiger charge is -2.16. The Morgan fingerprint density at radius 2 is 2.00 bits per heavy atom. The molecule has 0 unspecified atom stereocenters. The van der Waals surface area contributed by atoms with Crippen molar-refractivity contribution < 1.29 is 32.1 Å². The highest BCUT2D eigenvalue weighted by molar-refractivity contribution is 5.94. The van der Waals surface area contributed by atoms with Gasteiger partial charge in [-0.1, -0.05) is 0 Å². The predicted octanol–water partition coefficient (Wildman–Crippen LogP) is 2.42. The second-order valence-corrected chi connectivity index (χ2v) is 5.30. The van der Waals surface area contributed by atoms with Crippen LogP contribution in [0.4, 0.5) is 24.5 Å². The Kier molecular flexibility index (Phi) is 5.68. The molecule has 27 heavy (non-hydrogen) atoms. The van der Waals surface area contributed by atoms with Gasteiger partial charge in [0.2, 0.25) is 0 Å². The number of carbonyl (C=O) groups excluding carboxylic acids is 2. The highest BCUT2D eigenvalue weighted by atomic mass is 19.4. The molecule has 2 N–H and O–H groups in total. The molecule has 2 amide bonds. The van der Waals surface area contributed by atoms with Crippen molar-refractivity contribution >= 4 is 23.2 Å². The van der Waals surface area contributed by atoms with Crippen LogP contribution in [-0.2, 0) is 11.0 Å². The van der Waals surface area contributed by atoms with E-state index in [9.17, 15) is 32.9 Å². The first-order valence-electron chi connectivity index (χ1n) is 7.29. The quantitative estimate of drug-likeness (QED) is 0.582. The smallest absolute Gasteiger partial charge is 0.416 e. The molecule has 9 nitrogen and oxygen atoms in total. The molecule has 0 saturated heterocycles. The van der Waals surface area contributed by atoms with Gasteiger partial charge in [-0.15, -0.1) is 0 Å². The third-order valence-electron chi connectivity index (χ3n) is 3.32. The summed E-state index contributed by atoms with van der Waals surface area (Å²) in [5.74, 6) is -1.32. The minimum Gasteiger partial charge on any atom is -0.459 e. The predicted molar refractivity (Wildman–Crippen MR) is 85.5 cm³/mol. The van der Waals surface area contributed by atoms with E-state index >= 15 is 0 Å². The molecule has 0 atom stereocenters. The van der Waals surface area contributed by atoms with Crippen molar-refractivity contribution in [2.75, 3.05) is 19.0 Å². The van der Waals surface area contributed by atoms with Crippen LogP contribution in [0.15, 0.2) is 41.0 Å². The number of likely N-dealkylation sites (N-methyl/N-ethyl adjacent to an activating group) is 1. The average molecular weight is 386 g/mol. The summed E-state index contributed by atoms with van der Waals surface area (Å²) >= 11 is 0. The molecule has 1 aromatic heterocycles. The summed E-state index contributed by atoms with van der Waals surface area (Å²) in [6, 6.07) is 4.70. The zero-order valence-electron chi connectivity index (χ0n) is 13.7. The number of halogens is 3. The minimum absolute atomic E-state index is 0.0108. The van der Waals surface area contributed by atoms with Gasteiger partial charge in [-0.3, -0.25) is 30.6 Å². The van der Waals surface area contributed by atoms with E-state index in [1.54, 1.807) is 0 Å². The molecule has 2 rings (SSSR count). The van der Waals surface area contributed by atoms with Crippen LogP contribution in [0.2, 0.25) is 0 Å². The third-order valence-corrected chi connectivity index (χ3v) is 3.32. The highest BCUT2D eigenvalue weighted by Gasteiger charge is 2.33. The number of benzene rings is 1. The number of nitro benzene ring substituents is 1. The topological polar surface area (TPSA) is 118 Å². The molecular weight excluding hydrogens is 373 g/mol. The molecule has 0 saturated carbocycles. The molecule has 0 spiro atoms.